The van der Waals surface area contributed by atoms with Gasteiger partial charge in [0.1, 0.15) is 0 Å². The zero-order chi connectivity index (χ0) is 12.8. The van der Waals surface area contributed by atoms with Gasteiger partial charge >= 0.3 is 0 Å². The van der Waals surface area contributed by atoms with Gasteiger partial charge < -0.3 is 10.4 Å². The maximum atomic E-state index is 9.33. The van der Waals surface area contributed by atoms with Crippen molar-refractivity contribution in [2.75, 3.05) is 13.2 Å². The summed E-state index contributed by atoms with van der Waals surface area (Å²) in [4.78, 5) is 0. The average Bonchev–Trinajstić information content (AvgIpc) is 2.46. The van der Waals surface area contributed by atoms with Gasteiger partial charge in [0.05, 0.1) is 12.6 Å². The summed E-state index contributed by atoms with van der Waals surface area (Å²) in [6.07, 6.45) is 0. The molecule has 18 heavy (non-hydrogen) atoms. The van der Waals surface area contributed by atoms with Gasteiger partial charge in [-0.15, -0.1) is 0 Å². The van der Waals surface area contributed by atoms with E-state index in [2.05, 4.69) is 41.7 Å². The van der Waals surface area contributed by atoms with E-state index < -0.39 is 0 Å². The van der Waals surface area contributed by atoms with Gasteiger partial charge in [-0.2, -0.15) is 0 Å². The number of aliphatic hydroxyl groups excluding tert-OH is 1. The van der Waals surface area contributed by atoms with Crippen LogP contribution < -0.4 is 5.32 Å². The summed E-state index contributed by atoms with van der Waals surface area (Å²) < 4.78 is 0. The number of likely N-dealkylation sites (N-methyl/N-ethyl adjacent to an activating group) is 1. The molecule has 2 aromatic rings. The molecule has 0 fully saturated rings. The molecule has 0 aliphatic carbocycles. The van der Waals surface area contributed by atoms with Gasteiger partial charge in [-0.1, -0.05) is 61.5 Å². The average molecular weight is 241 g/mol. The Morgan fingerprint density at radius 3 is 2.11 bits per heavy atom. The summed E-state index contributed by atoms with van der Waals surface area (Å²) >= 11 is 0. The molecule has 0 aromatic heterocycles. The Morgan fingerprint density at radius 2 is 1.56 bits per heavy atom. The van der Waals surface area contributed by atoms with Crippen molar-refractivity contribution < 1.29 is 5.11 Å². The summed E-state index contributed by atoms with van der Waals surface area (Å²) in [6, 6.07) is 18.7. The van der Waals surface area contributed by atoms with E-state index in [-0.39, 0.29) is 12.6 Å². The lowest BCUT2D eigenvalue weighted by atomic mass is 10.0. The van der Waals surface area contributed by atoms with Crippen molar-refractivity contribution in [3.63, 3.8) is 0 Å². The zero-order valence-corrected chi connectivity index (χ0v) is 10.6. The lowest BCUT2D eigenvalue weighted by Gasteiger charge is -2.15. The molecule has 0 saturated heterocycles. The van der Waals surface area contributed by atoms with Crippen LogP contribution in [-0.2, 0) is 0 Å². The number of hydrogen-bond acceptors (Lipinski definition) is 2. The molecule has 2 aromatic carbocycles. The van der Waals surface area contributed by atoms with E-state index in [1.165, 1.54) is 11.1 Å². The molecule has 1 unspecified atom stereocenters. The largest absolute Gasteiger partial charge is 0.394 e. The van der Waals surface area contributed by atoms with Gasteiger partial charge in [0, 0.05) is 0 Å². The first-order valence-electron chi connectivity index (χ1n) is 6.34. The Hall–Kier alpha value is -1.64. The summed E-state index contributed by atoms with van der Waals surface area (Å²) in [6.45, 7) is 3.02. The third-order valence-electron chi connectivity index (χ3n) is 3.05. The molecule has 0 saturated carbocycles. The standard InChI is InChI=1S/C16H19NO/c1-2-17-16(12-18)15-10-8-14(9-11-15)13-6-4-3-5-7-13/h3-11,16-18H,2,12H2,1H3. The van der Waals surface area contributed by atoms with E-state index in [1.807, 2.05) is 25.1 Å². The van der Waals surface area contributed by atoms with Gasteiger partial charge in [-0.3, -0.25) is 0 Å². The van der Waals surface area contributed by atoms with Crippen LogP contribution in [0.1, 0.15) is 18.5 Å². The Labute approximate surface area is 108 Å². The highest BCUT2D eigenvalue weighted by Gasteiger charge is 2.08. The number of aliphatic hydroxyl groups is 1. The lowest BCUT2D eigenvalue weighted by molar-refractivity contribution is 0.246. The lowest BCUT2D eigenvalue weighted by Crippen LogP contribution is -2.23. The minimum Gasteiger partial charge on any atom is -0.394 e. The molecule has 2 rings (SSSR count). The fourth-order valence-corrected chi connectivity index (χ4v) is 2.07. The molecule has 0 aliphatic heterocycles. The Morgan fingerprint density at radius 1 is 0.944 bits per heavy atom. The molecule has 94 valence electrons. The summed E-state index contributed by atoms with van der Waals surface area (Å²) in [5.41, 5.74) is 3.54. The molecular weight excluding hydrogens is 222 g/mol. The van der Waals surface area contributed by atoms with Crippen LogP contribution in [0.3, 0.4) is 0 Å². The zero-order valence-electron chi connectivity index (χ0n) is 10.6. The molecule has 2 heteroatoms. The Bertz CT molecular complexity index is 464. The number of hydrogen-bond donors (Lipinski definition) is 2. The van der Waals surface area contributed by atoms with Gasteiger partial charge in [0.25, 0.3) is 0 Å². The van der Waals surface area contributed by atoms with E-state index in [4.69, 9.17) is 0 Å². The molecule has 0 spiro atoms. The van der Waals surface area contributed by atoms with Gasteiger partial charge in [-0.05, 0) is 23.2 Å². The first-order valence-corrected chi connectivity index (χ1v) is 6.34. The van der Waals surface area contributed by atoms with E-state index in [0.717, 1.165) is 12.1 Å². The van der Waals surface area contributed by atoms with E-state index in [9.17, 15) is 5.11 Å². The van der Waals surface area contributed by atoms with Crippen molar-refractivity contribution in [2.45, 2.75) is 13.0 Å². The molecule has 0 bridgehead atoms. The smallest absolute Gasteiger partial charge is 0.0626 e. The van der Waals surface area contributed by atoms with Crippen LogP contribution in [0.25, 0.3) is 11.1 Å². The van der Waals surface area contributed by atoms with Crippen molar-refractivity contribution in [2.24, 2.45) is 0 Å². The first kappa shape index (κ1) is 12.8. The normalized spacial score (nSPS) is 12.3. The topological polar surface area (TPSA) is 32.3 Å². The quantitative estimate of drug-likeness (QED) is 0.843. The maximum Gasteiger partial charge on any atom is 0.0626 e. The van der Waals surface area contributed by atoms with Gasteiger partial charge in [0.2, 0.25) is 0 Å². The van der Waals surface area contributed by atoms with Crippen molar-refractivity contribution in [3.05, 3.63) is 60.2 Å². The molecule has 0 aliphatic rings. The molecule has 2 nitrogen and oxygen atoms in total. The first-order chi connectivity index (χ1) is 8.85. The van der Waals surface area contributed by atoms with Crippen LogP contribution >= 0.6 is 0 Å². The Kier molecular flexibility index (Phi) is 4.51. The monoisotopic (exact) mass is 241 g/mol. The minimum absolute atomic E-state index is 0.0276. The second-order valence-electron chi connectivity index (χ2n) is 4.28. The van der Waals surface area contributed by atoms with Crippen LogP contribution in [0.4, 0.5) is 0 Å². The second kappa shape index (κ2) is 6.34. The van der Waals surface area contributed by atoms with Crippen LogP contribution in [-0.4, -0.2) is 18.3 Å². The number of benzene rings is 2. The van der Waals surface area contributed by atoms with Crippen molar-refractivity contribution in [3.8, 4) is 11.1 Å². The van der Waals surface area contributed by atoms with Crippen LogP contribution in [0.5, 0.6) is 0 Å². The van der Waals surface area contributed by atoms with Gasteiger partial charge in [-0.25, -0.2) is 0 Å². The van der Waals surface area contributed by atoms with Crippen LogP contribution in [0.15, 0.2) is 54.6 Å². The summed E-state index contributed by atoms with van der Waals surface area (Å²) in [7, 11) is 0. The molecule has 0 heterocycles. The Balaban J connectivity index is 2.19. The fourth-order valence-electron chi connectivity index (χ4n) is 2.07. The SMILES string of the molecule is CCNC(CO)c1ccc(-c2ccccc2)cc1. The molecule has 1 atom stereocenters. The number of nitrogens with one attached hydrogen (secondary N) is 1. The fraction of sp³-hybridized carbons (Fsp3) is 0.250. The van der Waals surface area contributed by atoms with E-state index in [0.29, 0.717) is 0 Å². The third-order valence-corrected chi connectivity index (χ3v) is 3.05. The van der Waals surface area contributed by atoms with E-state index >= 15 is 0 Å². The number of rotatable bonds is 5. The van der Waals surface area contributed by atoms with Crippen LogP contribution in [0.2, 0.25) is 0 Å². The van der Waals surface area contributed by atoms with E-state index in [1.54, 1.807) is 0 Å². The highest BCUT2D eigenvalue weighted by Crippen LogP contribution is 2.21. The van der Waals surface area contributed by atoms with Crippen molar-refractivity contribution in [1.29, 1.82) is 0 Å². The molecular formula is C16H19NO. The second-order valence-corrected chi connectivity index (χ2v) is 4.28. The maximum absolute atomic E-state index is 9.33. The summed E-state index contributed by atoms with van der Waals surface area (Å²) in [5.74, 6) is 0. The molecule has 2 N–H and O–H groups in total. The highest BCUT2D eigenvalue weighted by molar-refractivity contribution is 5.63. The van der Waals surface area contributed by atoms with Crippen molar-refractivity contribution in [1.82, 2.24) is 5.32 Å². The molecule has 0 radical (unpaired) electrons. The predicted molar refractivity (Wildman–Crippen MR) is 75.4 cm³/mol. The highest BCUT2D eigenvalue weighted by atomic mass is 16.3. The predicted octanol–water partition coefficient (Wildman–Crippen LogP) is 3.00. The summed E-state index contributed by atoms with van der Waals surface area (Å²) in [5, 5.41) is 12.6. The van der Waals surface area contributed by atoms with Crippen LogP contribution in [0, 0.1) is 0 Å². The van der Waals surface area contributed by atoms with Crippen molar-refractivity contribution >= 4 is 0 Å². The van der Waals surface area contributed by atoms with Gasteiger partial charge in [0.15, 0.2) is 0 Å². The molecule has 0 amide bonds. The third kappa shape index (κ3) is 2.97. The minimum atomic E-state index is 0.0276.